The topological polar surface area (TPSA) is 81.9 Å². The number of carbonyl (C=O) groups is 1. The Labute approximate surface area is 116 Å². The molecule has 20 heavy (non-hydrogen) atoms. The molecule has 2 rings (SSSR count). The van der Waals surface area contributed by atoms with Crippen molar-refractivity contribution in [2.24, 2.45) is 0 Å². The highest BCUT2D eigenvalue weighted by Gasteiger charge is 2.35. The Hall–Kier alpha value is -2.28. The second kappa shape index (κ2) is 5.79. The molecule has 0 aliphatic carbocycles. The highest BCUT2D eigenvalue weighted by atomic mass is 16.5. The minimum Gasteiger partial charge on any atom is -0.467 e. The van der Waals surface area contributed by atoms with E-state index in [-0.39, 0.29) is 5.97 Å². The van der Waals surface area contributed by atoms with Gasteiger partial charge in [-0.2, -0.15) is 0 Å². The molecule has 2 aromatic rings. The first-order valence-corrected chi connectivity index (χ1v) is 6.29. The van der Waals surface area contributed by atoms with Gasteiger partial charge in [-0.1, -0.05) is 19.1 Å². The Balaban J connectivity index is 2.44. The lowest BCUT2D eigenvalue weighted by Gasteiger charge is -2.28. The van der Waals surface area contributed by atoms with Gasteiger partial charge in [0.05, 0.1) is 12.8 Å². The Morgan fingerprint density at radius 3 is 2.90 bits per heavy atom. The van der Waals surface area contributed by atoms with E-state index < -0.39 is 5.54 Å². The van der Waals surface area contributed by atoms with Gasteiger partial charge in [0.2, 0.25) is 0 Å². The van der Waals surface area contributed by atoms with Crippen molar-refractivity contribution in [2.45, 2.75) is 19.4 Å². The van der Waals surface area contributed by atoms with E-state index in [4.69, 9.17) is 4.74 Å². The van der Waals surface area contributed by atoms with E-state index in [9.17, 15) is 4.79 Å². The number of hydrogen-bond donors (Lipinski definition) is 1. The number of rotatable bonds is 5. The van der Waals surface area contributed by atoms with Crippen LogP contribution in [0.4, 0.5) is 0 Å². The first-order valence-electron chi connectivity index (χ1n) is 6.29. The van der Waals surface area contributed by atoms with Gasteiger partial charge in [0, 0.05) is 0 Å². The number of carbonyl (C=O) groups excluding carboxylic acids is 1. The van der Waals surface area contributed by atoms with Gasteiger partial charge in [-0.05, 0) is 41.6 Å². The molecule has 0 aliphatic heterocycles. The summed E-state index contributed by atoms with van der Waals surface area (Å²) in [6, 6.07) is 7.44. The third-order valence-electron chi connectivity index (χ3n) is 3.16. The molecule has 0 saturated carbocycles. The van der Waals surface area contributed by atoms with Crippen LogP contribution in [0.5, 0.6) is 0 Å². The highest BCUT2D eigenvalue weighted by molar-refractivity contribution is 5.82. The highest BCUT2D eigenvalue weighted by Crippen LogP contribution is 2.24. The number of hydrogen-bond acceptors (Lipinski definition) is 6. The van der Waals surface area contributed by atoms with Crippen molar-refractivity contribution in [1.82, 2.24) is 25.5 Å². The molecule has 106 valence electrons. The van der Waals surface area contributed by atoms with Crippen LogP contribution in [0.15, 0.2) is 30.6 Å². The number of esters is 1. The minimum absolute atomic E-state index is 0.340. The fourth-order valence-corrected chi connectivity index (χ4v) is 2.09. The van der Waals surface area contributed by atoms with E-state index in [1.807, 2.05) is 31.2 Å². The quantitative estimate of drug-likeness (QED) is 0.807. The summed E-state index contributed by atoms with van der Waals surface area (Å²) in [6.45, 7) is 4.37. The monoisotopic (exact) mass is 275 g/mol. The average Bonchev–Trinajstić information content (AvgIpc) is 3.01. The van der Waals surface area contributed by atoms with Gasteiger partial charge in [-0.3, -0.25) is 5.32 Å². The van der Waals surface area contributed by atoms with Gasteiger partial charge in [-0.25, -0.2) is 9.48 Å². The summed E-state index contributed by atoms with van der Waals surface area (Å²) < 4.78 is 6.44. The van der Waals surface area contributed by atoms with Gasteiger partial charge in [0.15, 0.2) is 0 Å². The molecule has 7 heteroatoms. The fraction of sp³-hybridized carbons (Fsp3) is 0.385. The number of tetrazole rings is 1. The van der Waals surface area contributed by atoms with E-state index in [1.54, 1.807) is 6.92 Å². The Morgan fingerprint density at radius 1 is 1.50 bits per heavy atom. The van der Waals surface area contributed by atoms with E-state index in [0.29, 0.717) is 6.54 Å². The molecular formula is C13H17N5O2. The number of aromatic nitrogens is 4. The molecule has 0 spiro atoms. The predicted molar refractivity (Wildman–Crippen MR) is 72.2 cm³/mol. The molecule has 1 atom stereocenters. The van der Waals surface area contributed by atoms with Crippen LogP contribution in [0.1, 0.15) is 19.4 Å². The van der Waals surface area contributed by atoms with E-state index in [1.165, 1.54) is 18.1 Å². The van der Waals surface area contributed by atoms with Crippen molar-refractivity contribution < 1.29 is 9.53 Å². The lowest BCUT2D eigenvalue weighted by molar-refractivity contribution is -0.148. The molecule has 1 heterocycles. The zero-order chi connectivity index (χ0) is 14.6. The maximum absolute atomic E-state index is 12.1. The maximum Gasteiger partial charge on any atom is 0.330 e. The molecule has 0 bridgehead atoms. The van der Waals surface area contributed by atoms with Crippen molar-refractivity contribution in [3.8, 4) is 5.69 Å². The summed E-state index contributed by atoms with van der Waals surface area (Å²) in [6.07, 6.45) is 1.50. The molecule has 0 fully saturated rings. The van der Waals surface area contributed by atoms with Gasteiger partial charge in [0.25, 0.3) is 0 Å². The van der Waals surface area contributed by atoms with Crippen molar-refractivity contribution in [3.05, 3.63) is 36.2 Å². The molecular weight excluding hydrogens is 258 g/mol. The van der Waals surface area contributed by atoms with E-state index in [0.717, 1.165) is 11.3 Å². The number of benzene rings is 1. The van der Waals surface area contributed by atoms with Crippen molar-refractivity contribution in [1.29, 1.82) is 0 Å². The molecule has 1 aromatic carbocycles. The second-order valence-corrected chi connectivity index (χ2v) is 4.45. The summed E-state index contributed by atoms with van der Waals surface area (Å²) >= 11 is 0. The Kier molecular flexibility index (Phi) is 4.09. The van der Waals surface area contributed by atoms with E-state index >= 15 is 0 Å². The first kappa shape index (κ1) is 14.1. The van der Waals surface area contributed by atoms with Gasteiger partial charge < -0.3 is 4.74 Å². The molecule has 0 radical (unpaired) electrons. The molecule has 1 unspecified atom stereocenters. The van der Waals surface area contributed by atoms with Crippen molar-refractivity contribution in [3.63, 3.8) is 0 Å². The lowest BCUT2D eigenvalue weighted by Crippen LogP contribution is -2.47. The molecule has 1 aromatic heterocycles. The standard InChI is InChI=1S/C13H17N5O2/c1-4-14-13(2,12(19)20-3)10-6-5-7-11(8-10)18-9-15-16-17-18/h5-9,14H,4H2,1-3H3. The number of nitrogens with one attached hydrogen (secondary N) is 1. The fourth-order valence-electron chi connectivity index (χ4n) is 2.09. The Morgan fingerprint density at radius 2 is 2.30 bits per heavy atom. The minimum atomic E-state index is -0.909. The van der Waals surface area contributed by atoms with Crippen LogP contribution in [-0.2, 0) is 15.1 Å². The Bertz CT molecular complexity index is 584. The third-order valence-corrected chi connectivity index (χ3v) is 3.16. The van der Waals surface area contributed by atoms with Crippen LogP contribution in [0.2, 0.25) is 0 Å². The van der Waals surface area contributed by atoms with Crippen molar-refractivity contribution >= 4 is 5.97 Å². The van der Waals surface area contributed by atoms with Crippen LogP contribution in [-0.4, -0.2) is 39.8 Å². The van der Waals surface area contributed by atoms with Crippen LogP contribution in [0.25, 0.3) is 5.69 Å². The van der Waals surface area contributed by atoms with Crippen LogP contribution < -0.4 is 5.32 Å². The summed E-state index contributed by atoms with van der Waals surface area (Å²) in [5.41, 5.74) is 0.660. The summed E-state index contributed by atoms with van der Waals surface area (Å²) in [7, 11) is 1.38. The predicted octanol–water partition coefficient (Wildman–Crippen LogP) is 0.660. The van der Waals surface area contributed by atoms with Gasteiger partial charge >= 0.3 is 5.97 Å². The average molecular weight is 275 g/mol. The van der Waals surface area contributed by atoms with Crippen LogP contribution >= 0.6 is 0 Å². The largest absolute Gasteiger partial charge is 0.467 e. The van der Waals surface area contributed by atoms with Gasteiger partial charge in [0.1, 0.15) is 11.9 Å². The summed E-state index contributed by atoms with van der Waals surface area (Å²) in [5.74, 6) is -0.340. The van der Waals surface area contributed by atoms with Crippen LogP contribution in [0, 0.1) is 0 Å². The number of nitrogens with zero attached hydrogens (tertiary/aromatic N) is 4. The second-order valence-electron chi connectivity index (χ2n) is 4.45. The number of ether oxygens (including phenoxy) is 1. The molecule has 1 N–H and O–H groups in total. The smallest absolute Gasteiger partial charge is 0.330 e. The zero-order valence-corrected chi connectivity index (χ0v) is 11.7. The SMILES string of the molecule is CCNC(C)(C(=O)OC)c1cccc(-n2cnnn2)c1. The van der Waals surface area contributed by atoms with E-state index in [2.05, 4.69) is 20.8 Å². The van der Waals surface area contributed by atoms with Gasteiger partial charge in [-0.15, -0.1) is 5.10 Å². The molecule has 0 aliphatic rings. The summed E-state index contributed by atoms with van der Waals surface area (Å²) in [5, 5.41) is 14.2. The molecule has 7 nitrogen and oxygen atoms in total. The number of likely N-dealkylation sites (N-methyl/N-ethyl adjacent to an activating group) is 1. The van der Waals surface area contributed by atoms with Crippen molar-refractivity contribution in [2.75, 3.05) is 13.7 Å². The third kappa shape index (κ3) is 2.53. The maximum atomic E-state index is 12.1. The zero-order valence-electron chi connectivity index (χ0n) is 11.7. The number of methoxy groups -OCH3 is 1. The first-order chi connectivity index (χ1) is 9.61. The molecule has 0 saturated heterocycles. The molecule has 0 amide bonds. The summed E-state index contributed by atoms with van der Waals surface area (Å²) in [4.78, 5) is 12.1. The lowest BCUT2D eigenvalue weighted by atomic mass is 9.91. The van der Waals surface area contributed by atoms with Crippen LogP contribution in [0.3, 0.4) is 0 Å². The normalized spacial score (nSPS) is 13.8.